The minimum absolute atomic E-state index is 0.146. The largest absolute Gasteiger partial charge is 0.440 e. The molecule has 3 aromatic rings. The Balaban J connectivity index is 2.04. The first kappa shape index (κ1) is 15.6. The lowest BCUT2D eigenvalue weighted by atomic mass is 9.82. The Hall–Kier alpha value is -2.96. The summed E-state index contributed by atoms with van der Waals surface area (Å²) in [7, 11) is 0. The molecule has 1 atom stereocenters. The van der Waals surface area contributed by atoms with E-state index < -0.39 is 0 Å². The summed E-state index contributed by atoms with van der Waals surface area (Å²) >= 11 is 6.51. The van der Waals surface area contributed by atoms with Gasteiger partial charge in [0.2, 0.25) is 5.88 Å². The number of aryl methyl sites for hydroxylation is 1. The summed E-state index contributed by atoms with van der Waals surface area (Å²) in [5, 5.41) is 12.1. The maximum atomic E-state index is 9.66. The number of rotatable bonds is 1. The van der Waals surface area contributed by atoms with Gasteiger partial charge in [-0.25, -0.2) is 0 Å². The van der Waals surface area contributed by atoms with Gasteiger partial charge in [-0.05, 0) is 18.6 Å². The van der Waals surface area contributed by atoms with E-state index in [2.05, 4.69) is 6.07 Å². The molecule has 1 unspecified atom stereocenters. The van der Waals surface area contributed by atoms with Gasteiger partial charge in [-0.3, -0.25) is 0 Å². The minimum Gasteiger partial charge on any atom is -0.440 e. The Labute approximate surface area is 150 Å². The molecule has 25 heavy (non-hydrogen) atoms. The third kappa shape index (κ3) is 2.43. The van der Waals surface area contributed by atoms with Gasteiger partial charge in [0.05, 0.1) is 5.92 Å². The molecule has 0 spiro atoms. The standard InChI is InChI=1S/C21H15ClN2O/c1-12-6-8-13(9-7-12)19-16-10-18(22)14-4-2-3-5-15(14)20(16)25-21(24)17(19)11-23/h2-10,19H,24H2,1H3. The van der Waals surface area contributed by atoms with Gasteiger partial charge in [0.25, 0.3) is 0 Å². The van der Waals surface area contributed by atoms with Crippen LogP contribution in [0.4, 0.5) is 0 Å². The molecule has 2 N–H and O–H groups in total. The van der Waals surface area contributed by atoms with E-state index in [9.17, 15) is 5.26 Å². The number of ether oxygens (including phenoxy) is 1. The first-order valence-corrected chi connectivity index (χ1v) is 8.33. The van der Waals surface area contributed by atoms with Crippen LogP contribution >= 0.6 is 11.6 Å². The Morgan fingerprint density at radius 1 is 1.08 bits per heavy atom. The number of benzene rings is 3. The summed E-state index contributed by atoms with van der Waals surface area (Å²) in [6.07, 6.45) is 0. The number of allylic oxidation sites excluding steroid dienone is 1. The number of hydrogen-bond donors (Lipinski definition) is 1. The summed E-state index contributed by atoms with van der Waals surface area (Å²) < 4.78 is 5.86. The molecule has 1 aliphatic rings. The second-order valence-corrected chi connectivity index (χ2v) is 6.57. The van der Waals surface area contributed by atoms with E-state index in [1.54, 1.807) is 0 Å². The van der Waals surface area contributed by atoms with Crippen LogP contribution in [0.5, 0.6) is 5.75 Å². The van der Waals surface area contributed by atoms with Crippen LogP contribution in [-0.2, 0) is 0 Å². The van der Waals surface area contributed by atoms with E-state index >= 15 is 0 Å². The number of fused-ring (bicyclic) bond motifs is 3. The molecule has 0 bridgehead atoms. The lowest BCUT2D eigenvalue weighted by molar-refractivity contribution is 0.398. The van der Waals surface area contributed by atoms with Crippen molar-refractivity contribution in [1.29, 1.82) is 5.26 Å². The van der Waals surface area contributed by atoms with Crippen LogP contribution in [0.3, 0.4) is 0 Å². The number of hydrogen-bond acceptors (Lipinski definition) is 3. The Morgan fingerprint density at radius 3 is 2.44 bits per heavy atom. The maximum absolute atomic E-state index is 9.66. The van der Waals surface area contributed by atoms with E-state index in [1.807, 2.05) is 61.5 Å². The van der Waals surface area contributed by atoms with Gasteiger partial charge in [-0.1, -0.05) is 65.7 Å². The van der Waals surface area contributed by atoms with Crippen LogP contribution in [0.1, 0.15) is 22.6 Å². The summed E-state index contributed by atoms with van der Waals surface area (Å²) in [6, 6.07) is 19.9. The SMILES string of the molecule is Cc1ccc(C2C(C#N)=C(N)Oc3c2cc(Cl)c2ccccc32)cc1. The fourth-order valence-corrected chi connectivity index (χ4v) is 3.62. The van der Waals surface area contributed by atoms with Crippen LogP contribution in [0.15, 0.2) is 66.1 Å². The van der Waals surface area contributed by atoms with Crippen molar-refractivity contribution < 1.29 is 4.74 Å². The first-order chi connectivity index (χ1) is 12.1. The fraction of sp³-hybridized carbons (Fsp3) is 0.0952. The molecule has 0 saturated carbocycles. The molecular formula is C21H15ClN2O. The van der Waals surface area contributed by atoms with Gasteiger partial charge in [0.15, 0.2) is 0 Å². The van der Waals surface area contributed by atoms with Crippen molar-refractivity contribution >= 4 is 22.4 Å². The van der Waals surface area contributed by atoms with Crippen molar-refractivity contribution in [2.75, 3.05) is 0 Å². The number of nitrogens with two attached hydrogens (primary N) is 1. The third-order valence-electron chi connectivity index (χ3n) is 4.58. The van der Waals surface area contributed by atoms with E-state index in [1.165, 1.54) is 0 Å². The maximum Gasteiger partial charge on any atom is 0.205 e. The van der Waals surface area contributed by atoms with Gasteiger partial charge in [0, 0.05) is 21.4 Å². The molecule has 0 amide bonds. The highest BCUT2D eigenvalue weighted by molar-refractivity contribution is 6.36. The van der Waals surface area contributed by atoms with E-state index in [0.717, 1.165) is 27.5 Å². The molecule has 4 rings (SSSR count). The Kier molecular flexibility index (Phi) is 3.63. The van der Waals surface area contributed by atoms with Crippen molar-refractivity contribution in [2.24, 2.45) is 5.73 Å². The molecule has 0 aliphatic carbocycles. The summed E-state index contributed by atoms with van der Waals surface area (Å²) in [4.78, 5) is 0. The van der Waals surface area contributed by atoms with Gasteiger partial charge in [0.1, 0.15) is 17.4 Å². The van der Waals surface area contributed by atoms with Gasteiger partial charge < -0.3 is 10.5 Å². The van der Waals surface area contributed by atoms with E-state index in [-0.39, 0.29) is 11.8 Å². The zero-order chi connectivity index (χ0) is 17.6. The zero-order valence-electron chi connectivity index (χ0n) is 13.6. The van der Waals surface area contributed by atoms with Crippen LogP contribution in [0, 0.1) is 18.3 Å². The minimum atomic E-state index is -0.295. The van der Waals surface area contributed by atoms with Gasteiger partial charge in [-0.2, -0.15) is 5.26 Å². The molecule has 0 fully saturated rings. The second kappa shape index (κ2) is 5.84. The van der Waals surface area contributed by atoms with Crippen LogP contribution in [0.2, 0.25) is 5.02 Å². The summed E-state index contributed by atoms with van der Waals surface area (Å²) in [5.41, 5.74) is 9.50. The Bertz CT molecular complexity index is 1060. The molecule has 3 nitrogen and oxygen atoms in total. The van der Waals surface area contributed by atoms with Gasteiger partial charge >= 0.3 is 0 Å². The molecular weight excluding hydrogens is 332 g/mol. The van der Waals surface area contributed by atoms with Crippen LogP contribution in [0.25, 0.3) is 10.8 Å². The number of halogens is 1. The normalized spacial score (nSPS) is 16.3. The molecule has 4 heteroatoms. The molecule has 0 radical (unpaired) electrons. The predicted octanol–water partition coefficient (Wildman–Crippen LogP) is 5.02. The first-order valence-electron chi connectivity index (χ1n) is 7.95. The third-order valence-corrected chi connectivity index (χ3v) is 4.89. The highest BCUT2D eigenvalue weighted by Crippen LogP contribution is 2.47. The molecule has 3 aromatic carbocycles. The fourth-order valence-electron chi connectivity index (χ4n) is 3.34. The predicted molar refractivity (Wildman–Crippen MR) is 99.4 cm³/mol. The van der Waals surface area contributed by atoms with E-state index in [4.69, 9.17) is 22.1 Å². The second-order valence-electron chi connectivity index (χ2n) is 6.16. The molecule has 0 aromatic heterocycles. The lowest BCUT2D eigenvalue weighted by Crippen LogP contribution is -2.21. The lowest BCUT2D eigenvalue weighted by Gasteiger charge is -2.28. The zero-order valence-corrected chi connectivity index (χ0v) is 14.3. The van der Waals surface area contributed by atoms with Crippen LogP contribution < -0.4 is 10.5 Å². The smallest absolute Gasteiger partial charge is 0.205 e. The van der Waals surface area contributed by atoms with Crippen molar-refractivity contribution in [1.82, 2.24) is 0 Å². The average Bonchev–Trinajstić information content (AvgIpc) is 2.63. The summed E-state index contributed by atoms with van der Waals surface area (Å²) in [6.45, 7) is 2.03. The number of nitrogens with zero attached hydrogens (tertiary/aromatic N) is 1. The molecule has 0 saturated heterocycles. The molecule has 122 valence electrons. The van der Waals surface area contributed by atoms with Crippen molar-refractivity contribution in [3.05, 3.63) is 87.8 Å². The highest BCUT2D eigenvalue weighted by atomic mass is 35.5. The van der Waals surface area contributed by atoms with E-state index in [0.29, 0.717) is 16.3 Å². The average molecular weight is 347 g/mol. The van der Waals surface area contributed by atoms with Crippen molar-refractivity contribution in [3.63, 3.8) is 0 Å². The van der Waals surface area contributed by atoms with Gasteiger partial charge in [-0.15, -0.1) is 0 Å². The summed E-state index contributed by atoms with van der Waals surface area (Å²) in [5.74, 6) is 0.520. The van der Waals surface area contributed by atoms with Crippen molar-refractivity contribution in [3.8, 4) is 11.8 Å². The topological polar surface area (TPSA) is 59.0 Å². The quantitative estimate of drug-likeness (QED) is 0.673. The highest BCUT2D eigenvalue weighted by Gasteiger charge is 2.32. The monoisotopic (exact) mass is 346 g/mol. The number of nitriles is 1. The molecule has 1 heterocycles. The van der Waals surface area contributed by atoms with Crippen LogP contribution in [-0.4, -0.2) is 0 Å². The Morgan fingerprint density at radius 2 is 1.76 bits per heavy atom. The van der Waals surface area contributed by atoms with Crippen molar-refractivity contribution in [2.45, 2.75) is 12.8 Å². The molecule has 1 aliphatic heterocycles.